The summed E-state index contributed by atoms with van der Waals surface area (Å²) in [5.41, 5.74) is 0. The van der Waals surface area contributed by atoms with E-state index < -0.39 is 18.7 Å². The molecule has 2 N–H and O–H groups in total. The molecule has 0 heterocycles. The molecule has 0 atom stereocenters. The molecule has 66 valence electrons. The first-order valence-corrected chi connectivity index (χ1v) is 2.91. The molecule has 0 saturated heterocycles. The molecule has 0 radical (unpaired) electrons. The predicted octanol–water partition coefficient (Wildman–Crippen LogP) is 0.613. The standard InChI is InChI=1S/C5H8F3NO2/c6-5(7,8)3-9-2-1-4(10)11/h9H,1-3H2,(H,10,11). The van der Waals surface area contributed by atoms with Crippen molar-refractivity contribution in [3.05, 3.63) is 0 Å². The van der Waals surface area contributed by atoms with E-state index in [9.17, 15) is 18.0 Å². The highest BCUT2D eigenvalue weighted by atomic mass is 19.4. The molecular weight excluding hydrogens is 163 g/mol. The van der Waals surface area contributed by atoms with Crippen molar-refractivity contribution < 1.29 is 23.1 Å². The summed E-state index contributed by atoms with van der Waals surface area (Å²) < 4.78 is 34.1. The van der Waals surface area contributed by atoms with Crippen LogP contribution in [0, 0.1) is 0 Å². The van der Waals surface area contributed by atoms with Gasteiger partial charge in [-0.2, -0.15) is 13.2 Å². The minimum Gasteiger partial charge on any atom is -0.481 e. The van der Waals surface area contributed by atoms with Gasteiger partial charge in [-0.1, -0.05) is 0 Å². The number of carboxylic acid groups (broad SMARTS) is 1. The van der Waals surface area contributed by atoms with Crippen molar-refractivity contribution in [3.8, 4) is 0 Å². The van der Waals surface area contributed by atoms with Crippen LogP contribution in [0.25, 0.3) is 0 Å². The average molecular weight is 171 g/mol. The molecule has 6 heteroatoms. The van der Waals surface area contributed by atoms with Crippen LogP contribution in [0.5, 0.6) is 0 Å². The summed E-state index contributed by atoms with van der Waals surface area (Å²) in [4.78, 5) is 9.80. The zero-order valence-corrected chi connectivity index (χ0v) is 5.61. The highest BCUT2D eigenvalue weighted by molar-refractivity contribution is 5.66. The van der Waals surface area contributed by atoms with Crippen molar-refractivity contribution in [1.82, 2.24) is 5.32 Å². The second-order valence-corrected chi connectivity index (χ2v) is 1.94. The van der Waals surface area contributed by atoms with Crippen LogP contribution in [0.4, 0.5) is 13.2 Å². The molecule has 0 aliphatic carbocycles. The van der Waals surface area contributed by atoms with Gasteiger partial charge in [0.25, 0.3) is 0 Å². The summed E-state index contributed by atoms with van der Waals surface area (Å²) in [5, 5.41) is 9.97. The number of nitrogens with one attached hydrogen (secondary N) is 1. The Labute approximate surface area is 61.2 Å². The maximum Gasteiger partial charge on any atom is 0.401 e. The van der Waals surface area contributed by atoms with Crippen molar-refractivity contribution in [2.75, 3.05) is 13.1 Å². The smallest absolute Gasteiger partial charge is 0.401 e. The van der Waals surface area contributed by atoms with Crippen LogP contribution in [0.3, 0.4) is 0 Å². The molecule has 0 aromatic carbocycles. The molecule has 0 spiro atoms. The predicted molar refractivity (Wildman–Crippen MR) is 31.2 cm³/mol. The van der Waals surface area contributed by atoms with Crippen LogP contribution in [-0.4, -0.2) is 30.3 Å². The van der Waals surface area contributed by atoms with Gasteiger partial charge < -0.3 is 10.4 Å². The maximum absolute atomic E-state index is 11.4. The number of aliphatic carboxylic acids is 1. The Morgan fingerprint density at radius 2 is 2.00 bits per heavy atom. The van der Waals surface area contributed by atoms with Gasteiger partial charge in [-0.05, 0) is 0 Å². The third kappa shape index (κ3) is 9.22. The highest BCUT2D eigenvalue weighted by Gasteiger charge is 2.25. The molecule has 0 rings (SSSR count). The van der Waals surface area contributed by atoms with E-state index >= 15 is 0 Å². The molecule has 0 fully saturated rings. The normalized spacial score (nSPS) is 11.5. The molecule has 0 unspecified atom stereocenters. The SMILES string of the molecule is O=C(O)CCNCC(F)(F)F. The van der Waals surface area contributed by atoms with Crippen molar-refractivity contribution in [2.45, 2.75) is 12.6 Å². The Kier molecular flexibility index (Phi) is 3.88. The van der Waals surface area contributed by atoms with Gasteiger partial charge in [0, 0.05) is 6.54 Å². The molecule has 0 aromatic heterocycles. The summed E-state index contributed by atoms with van der Waals surface area (Å²) in [6, 6.07) is 0. The lowest BCUT2D eigenvalue weighted by atomic mass is 10.4. The van der Waals surface area contributed by atoms with Crippen LogP contribution in [0.2, 0.25) is 0 Å². The molecule has 3 nitrogen and oxygen atoms in total. The summed E-state index contributed by atoms with van der Waals surface area (Å²) in [7, 11) is 0. The second-order valence-electron chi connectivity index (χ2n) is 1.94. The van der Waals surface area contributed by atoms with Crippen LogP contribution in [0.15, 0.2) is 0 Å². The Balaban J connectivity index is 3.22. The van der Waals surface area contributed by atoms with Crippen molar-refractivity contribution in [2.24, 2.45) is 0 Å². The van der Waals surface area contributed by atoms with E-state index in [0.29, 0.717) is 0 Å². The van der Waals surface area contributed by atoms with Gasteiger partial charge >= 0.3 is 12.1 Å². The molecule has 0 saturated carbocycles. The van der Waals surface area contributed by atoms with Gasteiger partial charge in [-0.25, -0.2) is 0 Å². The number of carbonyl (C=O) groups is 1. The lowest BCUT2D eigenvalue weighted by molar-refractivity contribution is -0.138. The van der Waals surface area contributed by atoms with Crippen LogP contribution in [-0.2, 0) is 4.79 Å². The van der Waals surface area contributed by atoms with E-state index in [1.165, 1.54) is 0 Å². The monoisotopic (exact) mass is 171 g/mol. The average Bonchev–Trinajstić information content (AvgIpc) is 1.78. The summed E-state index contributed by atoms with van der Waals surface area (Å²) in [6.07, 6.45) is -4.56. The zero-order valence-electron chi connectivity index (χ0n) is 5.61. The van der Waals surface area contributed by atoms with Crippen LogP contribution >= 0.6 is 0 Å². The number of alkyl halides is 3. The molecule has 11 heavy (non-hydrogen) atoms. The largest absolute Gasteiger partial charge is 0.481 e. The summed E-state index contributed by atoms with van der Waals surface area (Å²) >= 11 is 0. The van der Waals surface area contributed by atoms with Gasteiger partial charge in [0.2, 0.25) is 0 Å². The minimum atomic E-state index is -4.27. The van der Waals surface area contributed by atoms with Gasteiger partial charge in [-0.15, -0.1) is 0 Å². The fraction of sp³-hybridized carbons (Fsp3) is 0.800. The highest BCUT2D eigenvalue weighted by Crippen LogP contribution is 2.11. The maximum atomic E-state index is 11.4. The van der Waals surface area contributed by atoms with E-state index in [1.54, 1.807) is 0 Å². The fourth-order valence-corrected chi connectivity index (χ4v) is 0.425. The number of hydrogen-bond acceptors (Lipinski definition) is 2. The first kappa shape index (κ1) is 10.2. The number of hydrogen-bond donors (Lipinski definition) is 2. The first-order chi connectivity index (χ1) is 4.92. The minimum absolute atomic E-state index is 0.158. The second kappa shape index (κ2) is 4.17. The fourth-order valence-electron chi connectivity index (χ4n) is 0.425. The van der Waals surface area contributed by atoms with Crippen molar-refractivity contribution in [3.63, 3.8) is 0 Å². The lowest BCUT2D eigenvalue weighted by Gasteiger charge is -2.05. The van der Waals surface area contributed by atoms with E-state index in [1.807, 2.05) is 5.32 Å². The van der Waals surface area contributed by atoms with E-state index in [-0.39, 0.29) is 13.0 Å². The number of rotatable bonds is 4. The number of halogens is 3. The third-order valence-corrected chi connectivity index (χ3v) is 0.841. The van der Waals surface area contributed by atoms with Gasteiger partial charge in [0.1, 0.15) is 0 Å². The van der Waals surface area contributed by atoms with Crippen molar-refractivity contribution in [1.29, 1.82) is 0 Å². The van der Waals surface area contributed by atoms with E-state index in [4.69, 9.17) is 5.11 Å². The molecule has 0 aromatic rings. The van der Waals surface area contributed by atoms with Gasteiger partial charge in [0.05, 0.1) is 13.0 Å². The summed E-state index contributed by atoms with van der Waals surface area (Å²) in [6.45, 7) is -1.30. The summed E-state index contributed by atoms with van der Waals surface area (Å²) in [5.74, 6) is -1.11. The molecule has 0 aliphatic rings. The molecule has 0 amide bonds. The topological polar surface area (TPSA) is 49.3 Å². The Hall–Kier alpha value is -0.780. The van der Waals surface area contributed by atoms with Gasteiger partial charge in [0.15, 0.2) is 0 Å². The lowest BCUT2D eigenvalue weighted by Crippen LogP contribution is -2.30. The Morgan fingerprint density at radius 1 is 1.45 bits per heavy atom. The van der Waals surface area contributed by atoms with E-state index in [2.05, 4.69) is 0 Å². The molecule has 0 aliphatic heterocycles. The quantitative estimate of drug-likeness (QED) is 0.609. The van der Waals surface area contributed by atoms with Gasteiger partial charge in [-0.3, -0.25) is 4.79 Å². The first-order valence-electron chi connectivity index (χ1n) is 2.91. The van der Waals surface area contributed by atoms with Crippen LogP contribution < -0.4 is 5.32 Å². The van der Waals surface area contributed by atoms with Crippen molar-refractivity contribution >= 4 is 5.97 Å². The molecule has 0 bridgehead atoms. The van der Waals surface area contributed by atoms with Crippen LogP contribution in [0.1, 0.15) is 6.42 Å². The zero-order chi connectivity index (χ0) is 8.91. The Morgan fingerprint density at radius 3 is 2.36 bits per heavy atom. The third-order valence-electron chi connectivity index (χ3n) is 0.841. The van der Waals surface area contributed by atoms with E-state index in [0.717, 1.165) is 0 Å². The Bertz CT molecular complexity index is 134. The molecular formula is C5H8F3NO2. The number of carboxylic acids is 1.